The number of imidazole rings is 1. The van der Waals surface area contributed by atoms with Gasteiger partial charge in [0.25, 0.3) is 0 Å². The lowest BCUT2D eigenvalue weighted by atomic mass is 10.3. The zero-order chi connectivity index (χ0) is 11.2. The SMILES string of the molecule is Fc1ccc2nc(NC3(CCl)CC3)[nH]c2c1. The number of alkyl halides is 1. The van der Waals surface area contributed by atoms with E-state index >= 15 is 0 Å². The van der Waals surface area contributed by atoms with Gasteiger partial charge >= 0.3 is 0 Å². The summed E-state index contributed by atoms with van der Waals surface area (Å²) in [5.41, 5.74) is 1.45. The summed E-state index contributed by atoms with van der Waals surface area (Å²) in [6, 6.07) is 4.50. The average molecular weight is 240 g/mol. The summed E-state index contributed by atoms with van der Waals surface area (Å²) >= 11 is 5.87. The molecule has 0 amide bonds. The summed E-state index contributed by atoms with van der Waals surface area (Å²) in [5, 5.41) is 3.27. The number of aromatic amines is 1. The summed E-state index contributed by atoms with van der Waals surface area (Å²) in [7, 11) is 0. The second-order valence-corrected chi connectivity index (χ2v) is 4.55. The molecule has 3 nitrogen and oxygen atoms in total. The van der Waals surface area contributed by atoms with E-state index < -0.39 is 0 Å². The standard InChI is InChI=1S/C11H11ClFN3/c12-6-11(3-4-11)16-10-14-8-2-1-7(13)5-9(8)15-10/h1-2,5H,3-4,6H2,(H2,14,15,16). The summed E-state index contributed by atoms with van der Waals surface area (Å²) in [6.07, 6.45) is 2.11. The largest absolute Gasteiger partial charge is 0.349 e. The van der Waals surface area contributed by atoms with E-state index in [0.717, 1.165) is 18.4 Å². The van der Waals surface area contributed by atoms with Crippen LogP contribution in [0.5, 0.6) is 0 Å². The smallest absolute Gasteiger partial charge is 0.201 e. The van der Waals surface area contributed by atoms with Crippen LogP contribution in [0, 0.1) is 5.82 Å². The Kier molecular flexibility index (Phi) is 2.07. The predicted molar refractivity (Wildman–Crippen MR) is 62.4 cm³/mol. The molecule has 16 heavy (non-hydrogen) atoms. The van der Waals surface area contributed by atoms with E-state index in [2.05, 4.69) is 15.3 Å². The van der Waals surface area contributed by atoms with Gasteiger partial charge in [-0.3, -0.25) is 0 Å². The van der Waals surface area contributed by atoms with Gasteiger partial charge in [-0.15, -0.1) is 11.6 Å². The van der Waals surface area contributed by atoms with Crippen molar-refractivity contribution in [3.05, 3.63) is 24.0 Å². The van der Waals surface area contributed by atoms with E-state index in [4.69, 9.17) is 11.6 Å². The van der Waals surface area contributed by atoms with Crippen LogP contribution >= 0.6 is 11.6 Å². The molecule has 0 saturated heterocycles. The van der Waals surface area contributed by atoms with Gasteiger partial charge in [0.05, 0.1) is 16.6 Å². The third-order valence-electron chi connectivity index (χ3n) is 2.94. The zero-order valence-corrected chi connectivity index (χ0v) is 9.31. The molecule has 0 aliphatic heterocycles. The van der Waals surface area contributed by atoms with Gasteiger partial charge in [-0.1, -0.05) is 0 Å². The Morgan fingerprint density at radius 3 is 3.00 bits per heavy atom. The Balaban J connectivity index is 1.93. The lowest BCUT2D eigenvalue weighted by Crippen LogP contribution is -2.23. The van der Waals surface area contributed by atoms with Crippen LogP contribution < -0.4 is 5.32 Å². The fraction of sp³-hybridized carbons (Fsp3) is 0.364. The minimum atomic E-state index is -0.263. The monoisotopic (exact) mass is 239 g/mol. The maximum Gasteiger partial charge on any atom is 0.201 e. The van der Waals surface area contributed by atoms with Crippen molar-refractivity contribution in [3.63, 3.8) is 0 Å². The molecule has 1 fully saturated rings. The van der Waals surface area contributed by atoms with Gasteiger partial charge in [0.15, 0.2) is 0 Å². The maximum absolute atomic E-state index is 13.0. The minimum Gasteiger partial charge on any atom is -0.349 e. The molecule has 0 bridgehead atoms. The topological polar surface area (TPSA) is 40.7 Å². The number of nitrogens with one attached hydrogen (secondary N) is 2. The number of fused-ring (bicyclic) bond motifs is 1. The number of halogens is 2. The zero-order valence-electron chi connectivity index (χ0n) is 8.56. The summed E-state index contributed by atoms with van der Waals surface area (Å²) in [5.74, 6) is 0.971. The van der Waals surface area contributed by atoms with Crippen molar-refractivity contribution in [1.29, 1.82) is 0 Å². The first-order valence-electron chi connectivity index (χ1n) is 5.20. The normalized spacial score (nSPS) is 17.6. The van der Waals surface area contributed by atoms with Crippen LogP contribution in [0.2, 0.25) is 0 Å². The first-order valence-corrected chi connectivity index (χ1v) is 5.74. The van der Waals surface area contributed by atoms with E-state index in [1.165, 1.54) is 12.1 Å². The molecule has 1 aromatic carbocycles. The van der Waals surface area contributed by atoms with Gasteiger partial charge in [0.1, 0.15) is 5.82 Å². The molecular formula is C11H11ClFN3. The van der Waals surface area contributed by atoms with Crippen molar-refractivity contribution in [2.75, 3.05) is 11.2 Å². The molecule has 0 spiro atoms. The Labute approximate surface area is 97.0 Å². The average Bonchev–Trinajstić information content (AvgIpc) is 2.92. The van der Waals surface area contributed by atoms with Crippen molar-refractivity contribution in [2.24, 2.45) is 0 Å². The Morgan fingerprint density at radius 2 is 2.31 bits per heavy atom. The van der Waals surface area contributed by atoms with Crippen LogP contribution in [-0.2, 0) is 0 Å². The third-order valence-corrected chi connectivity index (χ3v) is 3.45. The minimum absolute atomic E-state index is 0.00598. The molecule has 84 valence electrons. The van der Waals surface area contributed by atoms with Crippen molar-refractivity contribution in [1.82, 2.24) is 9.97 Å². The molecule has 1 heterocycles. The van der Waals surface area contributed by atoms with Crippen molar-refractivity contribution in [2.45, 2.75) is 18.4 Å². The highest BCUT2D eigenvalue weighted by molar-refractivity contribution is 6.19. The van der Waals surface area contributed by atoms with E-state index in [-0.39, 0.29) is 11.4 Å². The highest BCUT2D eigenvalue weighted by Gasteiger charge is 2.42. The molecule has 2 aromatic rings. The van der Waals surface area contributed by atoms with E-state index in [9.17, 15) is 4.39 Å². The highest BCUT2D eigenvalue weighted by Crippen LogP contribution is 2.39. The van der Waals surface area contributed by atoms with Gasteiger partial charge in [-0.2, -0.15) is 0 Å². The Bertz CT molecular complexity index is 533. The van der Waals surface area contributed by atoms with Crippen molar-refractivity contribution >= 4 is 28.6 Å². The molecule has 1 saturated carbocycles. The molecule has 5 heteroatoms. The quantitative estimate of drug-likeness (QED) is 0.809. The molecule has 1 aliphatic carbocycles. The molecule has 3 rings (SSSR count). The fourth-order valence-electron chi connectivity index (χ4n) is 1.74. The molecule has 0 radical (unpaired) electrons. The van der Waals surface area contributed by atoms with Crippen molar-refractivity contribution < 1.29 is 4.39 Å². The van der Waals surface area contributed by atoms with Gasteiger partial charge in [0, 0.05) is 5.88 Å². The molecule has 0 atom stereocenters. The number of nitrogens with zero attached hydrogens (tertiary/aromatic N) is 1. The maximum atomic E-state index is 13.0. The van der Waals surface area contributed by atoms with Crippen LogP contribution in [0.4, 0.5) is 10.3 Å². The first kappa shape index (κ1) is 9.90. The molecule has 1 aliphatic rings. The van der Waals surface area contributed by atoms with Crippen LogP contribution in [0.25, 0.3) is 11.0 Å². The van der Waals surface area contributed by atoms with Gasteiger partial charge in [0.2, 0.25) is 5.95 Å². The molecular weight excluding hydrogens is 229 g/mol. The number of anilines is 1. The third kappa shape index (κ3) is 1.63. The van der Waals surface area contributed by atoms with Gasteiger partial charge in [-0.25, -0.2) is 9.37 Å². The first-order chi connectivity index (χ1) is 7.71. The van der Waals surface area contributed by atoms with Crippen LogP contribution in [0.1, 0.15) is 12.8 Å². The van der Waals surface area contributed by atoms with Gasteiger partial charge in [-0.05, 0) is 31.0 Å². The number of aromatic nitrogens is 2. The summed E-state index contributed by atoms with van der Waals surface area (Å²) < 4.78 is 13.0. The number of benzene rings is 1. The second-order valence-electron chi connectivity index (χ2n) is 4.29. The molecule has 0 unspecified atom stereocenters. The summed E-state index contributed by atoms with van der Waals surface area (Å²) in [4.78, 5) is 7.38. The van der Waals surface area contributed by atoms with Crippen LogP contribution in [0.3, 0.4) is 0 Å². The number of hydrogen-bond donors (Lipinski definition) is 2. The Hall–Kier alpha value is -1.29. The van der Waals surface area contributed by atoms with E-state index in [1.54, 1.807) is 6.07 Å². The van der Waals surface area contributed by atoms with Crippen molar-refractivity contribution in [3.8, 4) is 0 Å². The van der Waals surface area contributed by atoms with E-state index in [1.807, 2.05) is 0 Å². The lowest BCUT2D eigenvalue weighted by molar-refractivity contribution is 0.629. The molecule has 2 N–H and O–H groups in total. The number of hydrogen-bond acceptors (Lipinski definition) is 2. The number of H-pyrrole nitrogens is 1. The van der Waals surface area contributed by atoms with Gasteiger partial charge < -0.3 is 10.3 Å². The lowest BCUT2D eigenvalue weighted by Gasteiger charge is -2.11. The fourth-order valence-corrected chi connectivity index (χ4v) is 2.07. The highest BCUT2D eigenvalue weighted by atomic mass is 35.5. The Morgan fingerprint density at radius 1 is 1.50 bits per heavy atom. The summed E-state index contributed by atoms with van der Waals surface area (Å²) in [6.45, 7) is 0. The van der Waals surface area contributed by atoms with Crippen LogP contribution in [-0.4, -0.2) is 21.4 Å². The second kappa shape index (κ2) is 3.35. The molecule has 1 aromatic heterocycles. The number of rotatable bonds is 3. The van der Waals surface area contributed by atoms with E-state index in [0.29, 0.717) is 17.3 Å². The predicted octanol–water partition coefficient (Wildman–Crippen LogP) is 2.89. The van der Waals surface area contributed by atoms with Crippen LogP contribution in [0.15, 0.2) is 18.2 Å².